The smallest absolute Gasteiger partial charge is 0.309 e. The molecule has 0 saturated carbocycles. The second-order valence-corrected chi connectivity index (χ2v) is 7.50. The molecule has 6 nitrogen and oxygen atoms in total. The predicted octanol–water partition coefficient (Wildman–Crippen LogP) is 4.22. The van der Waals surface area contributed by atoms with E-state index in [-0.39, 0.29) is 18.3 Å². The molecule has 3 aromatic rings. The minimum Gasteiger partial charge on any atom is -0.469 e. The SMILES string of the molecule is COC(=O)Cc1ccc(NC(=O)/C=C/c2c(C)nn(Cc3ccc(C)cc3)c2C)cc1. The number of ether oxygens (including phenoxy) is 1. The summed E-state index contributed by atoms with van der Waals surface area (Å²) in [7, 11) is 1.36. The van der Waals surface area contributed by atoms with Crippen molar-refractivity contribution in [2.24, 2.45) is 0 Å². The summed E-state index contributed by atoms with van der Waals surface area (Å²) in [6.45, 7) is 6.70. The fraction of sp³-hybridized carbons (Fsp3) is 0.240. The summed E-state index contributed by atoms with van der Waals surface area (Å²) in [4.78, 5) is 23.7. The van der Waals surface area contributed by atoms with Crippen molar-refractivity contribution in [2.75, 3.05) is 12.4 Å². The Labute approximate surface area is 182 Å². The van der Waals surface area contributed by atoms with Crippen LogP contribution < -0.4 is 5.32 Å². The Morgan fingerprint density at radius 2 is 1.65 bits per heavy atom. The molecule has 0 saturated heterocycles. The zero-order valence-corrected chi connectivity index (χ0v) is 18.3. The zero-order valence-electron chi connectivity index (χ0n) is 18.3. The van der Waals surface area contributed by atoms with Crippen molar-refractivity contribution < 1.29 is 14.3 Å². The molecule has 0 unspecified atom stereocenters. The van der Waals surface area contributed by atoms with E-state index in [1.54, 1.807) is 30.3 Å². The quantitative estimate of drug-likeness (QED) is 0.461. The van der Waals surface area contributed by atoms with E-state index in [9.17, 15) is 9.59 Å². The van der Waals surface area contributed by atoms with Crippen LogP contribution in [0, 0.1) is 20.8 Å². The van der Waals surface area contributed by atoms with Gasteiger partial charge < -0.3 is 10.1 Å². The van der Waals surface area contributed by atoms with Gasteiger partial charge in [-0.15, -0.1) is 0 Å². The third kappa shape index (κ3) is 5.92. The van der Waals surface area contributed by atoms with E-state index in [0.717, 1.165) is 22.5 Å². The highest BCUT2D eigenvalue weighted by molar-refractivity contribution is 6.02. The van der Waals surface area contributed by atoms with E-state index in [4.69, 9.17) is 0 Å². The van der Waals surface area contributed by atoms with Gasteiger partial charge in [-0.1, -0.05) is 42.0 Å². The van der Waals surface area contributed by atoms with Crippen molar-refractivity contribution in [1.29, 1.82) is 0 Å². The number of hydrogen-bond donors (Lipinski definition) is 1. The lowest BCUT2D eigenvalue weighted by atomic mass is 10.1. The number of benzene rings is 2. The van der Waals surface area contributed by atoms with Crippen molar-refractivity contribution >= 4 is 23.6 Å². The average Bonchev–Trinajstić information content (AvgIpc) is 3.02. The number of methoxy groups -OCH3 is 1. The maximum atomic E-state index is 12.3. The Bertz CT molecular complexity index is 1090. The molecular weight excluding hydrogens is 390 g/mol. The van der Waals surface area contributed by atoms with Gasteiger partial charge in [-0.3, -0.25) is 14.3 Å². The first kappa shape index (κ1) is 22.0. The van der Waals surface area contributed by atoms with Crippen molar-refractivity contribution in [1.82, 2.24) is 9.78 Å². The molecule has 1 aromatic heterocycles. The molecule has 1 heterocycles. The van der Waals surface area contributed by atoms with Crippen LogP contribution in [0.2, 0.25) is 0 Å². The van der Waals surface area contributed by atoms with Gasteiger partial charge in [-0.05, 0) is 50.1 Å². The molecule has 0 radical (unpaired) electrons. The lowest BCUT2D eigenvalue weighted by Crippen LogP contribution is -2.08. The van der Waals surface area contributed by atoms with Crippen LogP contribution >= 0.6 is 0 Å². The molecule has 0 bridgehead atoms. The van der Waals surface area contributed by atoms with E-state index >= 15 is 0 Å². The van der Waals surface area contributed by atoms with E-state index in [2.05, 4.69) is 46.3 Å². The van der Waals surface area contributed by atoms with Gasteiger partial charge in [0.25, 0.3) is 0 Å². The largest absolute Gasteiger partial charge is 0.469 e. The number of rotatable bonds is 7. The minimum atomic E-state index is -0.298. The highest BCUT2D eigenvalue weighted by Gasteiger charge is 2.10. The Morgan fingerprint density at radius 3 is 2.29 bits per heavy atom. The first-order chi connectivity index (χ1) is 14.9. The minimum absolute atomic E-state index is 0.204. The molecule has 0 aliphatic heterocycles. The van der Waals surface area contributed by atoms with Gasteiger partial charge in [0.05, 0.1) is 25.8 Å². The van der Waals surface area contributed by atoms with Crippen LogP contribution in [0.25, 0.3) is 6.08 Å². The molecule has 6 heteroatoms. The van der Waals surface area contributed by atoms with Crippen LogP contribution in [0.15, 0.2) is 54.6 Å². The zero-order chi connectivity index (χ0) is 22.4. The standard InChI is InChI=1S/C25H27N3O3/c1-17-5-7-21(8-6-17)16-28-19(3)23(18(2)27-28)13-14-24(29)26-22-11-9-20(10-12-22)15-25(30)31-4/h5-14H,15-16H2,1-4H3,(H,26,29)/b14-13+. The Morgan fingerprint density at radius 1 is 1.00 bits per heavy atom. The summed E-state index contributed by atoms with van der Waals surface area (Å²) in [5.41, 5.74) is 6.72. The fourth-order valence-corrected chi connectivity index (χ4v) is 3.26. The van der Waals surface area contributed by atoms with Crippen LogP contribution in [0.5, 0.6) is 0 Å². The van der Waals surface area contributed by atoms with Crippen molar-refractivity contribution in [3.05, 3.63) is 88.2 Å². The summed E-state index contributed by atoms with van der Waals surface area (Å²) in [6.07, 6.45) is 3.51. The number of nitrogens with one attached hydrogen (secondary N) is 1. The lowest BCUT2D eigenvalue weighted by Gasteiger charge is -2.06. The maximum absolute atomic E-state index is 12.3. The van der Waals surface area contributed by atoms with Gasteiger partial charge in [0.1, 0.15) is 0 Å². The molecule has 1 N–H and O–H groups in total. The number of hydrogen-bond acceptors (Lipinski definition) is 4. The summed E-state index contributed by atoms with van der Waals surface area (Å²) >= 11 is 0. The van der Waals surface area contributed by atoms with E-state index in [0.29, 0.717) is 12.2 Å². The van der Waals surface area contributed by atoms with E-state index in [1.165, 1.54) is 24.3 Å². The van der Waals surface area contributed by atoms with E-state index < -0.39 is 0 Å². The number of amides is 1. The maximum Gasteiger partial charge on any atom is 0.309 e. The molecule has 0 atom stereocenters. The van der Waals surface area contributed by atoms with Gasteiger partial charge in [0, 0.05) is 23.0 Å². The molecule has 2 aromatic carbocycles. The number of carbonyl (C=O) groups excluding carboxylic acids is 2. The topological polar surface area (TPSA) is 73.2 Å². The summed E-state index contributed by atoms with van der Waals surface area (Å²) in [5.74, 6) is -0.529. The molecule has 160 valence electrons. The first-order valence-corrected chi connectivity index (χ1v) is 10.1. The molecule has 0 aliphatic rings. The number of carbonyl (C=O) groups is 2. The Hall–Kier alpha value is -3.67. The Kier molecular flexibility index (Phi) is 7.03. The van der Waals surface area contributed by atoms with Gasteiger partial charge in [-0.25, -0.2) is 0 Å². The van der Waals surface area contributed by atoms with Crippen LogP contribution in [-0.2, 0) is 27.3 Å². The van der Waals surface area contributed by atoms with Crippen LogP contribution in [0.1, 0.15) is 33.6 Å². The Balaban J connectivity index is 1.64. The number of anilines is 1. The average molecular weight is 418 g/mol. The number of nitrogens with zero attached hydrogens (tertiary/aromatic N) is 2. The van der Waals surface area contributed by atoms with Gasteiger partial charge in [-0.2, -0.15) is 5.10 Å². The van der Waals surface area contributed by atoms with Crippen LogP contribution in [0.4, 0.5) is 5.69 Å². The molecule has 0 fully saturated rings. The fourth-order valence-electron chi connectivity index (χ4n) is 3.26. The van der Waals surface area contributed by atoms with Gasteiger partial charge in [0.2, 0.25) is 5.91 Å². The number of esters is 1. The molecule has 0 aliphatic carbocycles. The number of aryl methyl sites for hydroxylation is 2. The van der Waals surface area contributed by atoms with Gasteiger partial charge in [0.15, 0.2) is 0 Å². The van der Waals surface area contributed by atoms with Crippen molar-refractivity contribution in [3.63, 3.8) is 0 Å². The van der Waals surface area contributed by atoms with Crippen LogP contribution in [0.3, 0.4) is 0 Å². The third-order valence-electron chi connectivity index (χ3n) is 5.09. The first-order valence-electron chi connectivity index (χ1n) is 10.1. The highest BCUT2D eigenvalue weighted by Crippen LogP contribution is 2.17. The van der Waals surface area contributed by atoms with Crippen molar-refractivity contribution in [3.8, 4) is 0 Å². The lowest BCUT2D eigenvalue weighted by molar-refractivity contribution is -0.139. The summed E-state index contributed by atoms with van der Waals surface area (Å²) < 4.78 is 6.61. The van der Waals surface area contributed by atoms with Gasteiger partial charge >= 0.3 is 5.97 Å². The summed E-state index contributed by atoms with van der Waals surface area (Å²) in [6, 6.07) is 15.5. The summed E-state index contributed by atoms with van der Waals surface area (Å²) in [5, 5.41) is 7.45. The monoisotopic (exact) mass is 417 g/mol. The second-order valence-electron chi connectivity index (χ2n) is 7.50. The van der Waals surface area contributed by atoms with Crippen molar-refractivity contribution in [2.45, 2.75) is 33.7 Å². The number of aromatic nitrogens is 2. The molecule has 3 rings (SSSR count). The molecule has 1 amide bonds. The molecular formula is C25H27N3O3. The second kappa shape index (κ2) is 9.89. The predicted molar refractivity (Wildman–Crippen MR) is 122 cm³/mol. The molecule has 0 spiro atoms. The van der Waals surface area contributed by atoms with Crippen LogP contribution in [-0.4, -0.2) is 28.8 Å². The van der Waals surface area contributed by atoms with E-state index in [1.807, 2.05) is 18.5 Å². The molecule has 31 heavy (non-hydrogen) atoms. The highest BCUT2D eigenvalue weighted by atomic mass is 16.5. The normalized spacial score (nSPS) is 11.0. The third-order valence-corrected chi connectivity index (χ3v) is 5.09.